The molecule has 1 heterocycles. The standard InChI is InChI=1S/C14H25N3O/c1-6-17(11(2)10-18-5)14-9-13(7-8-16-14)12(3)15-4/h7-9,11-12,15H,6,10H2,1-5H3. The highest BCUT2D eigenvalue weighted by Crippen LogP contribution is 2.19. The molecule has 1 rings (SSSR count). The van der Waals surface area contributed by atoms with E-state index in [0.29, 0.717) is 18.7 Å². The molecule has 0 aromatic carbocycles. The number of ether oxygens (including phenoxy) is 1. The Morgan fingerprint density at radius 3 is 2.72 bits per heavy atom. The topological polar surface area (TPSA) is 37.4 Å². The summed E-state index contributed by atoms with van der Waals surface area (Å²) in [4.78, 5) is 6.73. The van der Waals surface area contributed by atoms with Crippen molar-refractivity contribution in [3.05, 3.63) is 23.9 Å². The van der Waals surface area contributed by atoms with E-state index in [-0.39, 0.29) is 0 Å². The molecular formula is C14H25N3O. The minimum absolute atomic E-state index is 0.327. The second-order valence-electron chi connectivity index (χ2n) is 4.55. The molecule has 4 nitrogen and oxygen atoms in total. The minimum Gasteiger partial charge on any atom is -0.383 e. The van der Waals surface area contributed by atoms with Gasteiger partial charge in [-0.05, 0) is 45.5 Å². The number of methoxy groups -OCH3 is 1. The number of aromatic nitrogens is 1. The highest BCUT2D eigenvalue weighted by atomic mass is 16.5. The molecule has 0 aliphatic rings. The first kappa shape index (κ1) is 14.9. The zero-order chi connectivity index (χ0) is 13.5. The number of nitrogens with one attached hydrogen (secondary N) is 1. The fourth-order valence-electron chi connectivity index (χ4n) is 2.06. The molecule has 4 heteroatoms. The van der Waals surface area contributed by atoms with Crippen LogP contribution in [0.15, 0.2) is 18.3 Å². The van der Waals surface area contributed by atoms with E-state index in [1.54, 1.807) is 7.11 Å². The highest BCUT2D eigenvalue weighted by molar-refractivity contribution is 5.42. The Bertz CT molecular complexity index is 357. The van der Waals surface area contributed by atoms with Gasteiger partial charge >= 0.3 is 0 Å². The fourth-order valence-corrected chi connectivity index (χ4v) is 2.06. The smallest absolute Gasteiger partial charge is 0.129 e. The van der Waals surface area contributed by atoms with Crippen molar-refractivity contribution in [3.63, 3.8) is 0 Å². The second kappa shape index (κ2) is 7.34. The Morgan fingerprint density at radius 2 is 2.17 bits per heavy atom. The molecule has 0 amide bonds. The van der Waals surface area contributed by atoms with Crippen LogP contribution in [0.25, 0.3) is 0 Å². The van der Waals surface area contributed by atoms with Gasteiger partial charge in [0.2, 0.25) is 0 Å². The van der Waals surface area contributed by atoms with Gasteiger partial charge in [-0.15, -0.1) is 0 Å². The quantitative estimate of drug-likeness (QED) is 0.806. The van der Waals surface area contributed by atoms with Gasteiger partial charge in [0.05, 0.1) is 12.6 Å². The Hall–Kier alpha value is -1.13. The van der Waals surface area contributed by atoms with Crippen LogP contribution in [-0.2, 0) is 4.74 Å². The van der Waals surface area contributed by atoms with Crippen LogP contribution in [0.4, 0.5) is 5.82 Å². The van der Waals surface area contributed by atoms with Crippen LogP contribution in [-0.4, -0.2) is 38.3 Å². The van der Waals surface area contributed by atoms with Gasteiger partial charge < -0.3 is 15.0 Å². The molecule has 1 aromatic rings. The first-order valence-electron chi connectivity index (χ1n) is 6.52. The summed E-state index contributed by atoms with van der Waals surface area (Å²) in [5.74, 6) is 1.02. The molecule has 0 spiro atoms. The Balaban J connectivity index is 2.92. The normalized spacial score (nSPS) is 14.3. The van der Waals surface area contributed by atoms with Crippen LogP contribution in [0.1, 0.15) is 32.4 Å². The zero-order valence-electron chi connectivity index (χ0n) is 12.1. The maximum absolute atomic E-state index is 5.22. The maximum atomic E-state index is 5.22. The van der Waals surface area contributed by atoms with Gasteiger partial charge in [0.25, 0.3) is 0 Å². The lowest BCUT2D eigenvalue weighted by atomic mass is 10.1. The molecule has 0 aliphatic carbocycles. The molecule has 0 bridgehead atoms. The predicted molar refractivity (Wildman–Crippen MR) is 76.1 cm³/mol. The lowest BCUT2D eigenvalue weighted by Gasteiger charge is -2.29. The van der Waals surface area contributed by atoms with Crippen molar-refractivity contribution >= 4 is 5.82 Å². The van der Waals surface area contributed by atoms with E-state index < -0.39 is 0 Å². The van der Waals surface area contributed by atoms with Crippen LogP contribution in [0.2, 0.25) is 0 Å². The summed E-state index contributed by atoms with van der Waals surface area (Å²) in [6.45, 7) is 8.08. The summed E-state index contributed by atoms with van der Waals surface area (Å²) in [7, 11) is 3.70. The maximum Gasteiger partial charge on any atom is 0.129 e. The van der Waals surface area contributed by atoms with Crippen LogP contribution in [0, 0.1) is 0 Å². The summed E-state index contributed by atoms with van der Waals surface area (Å²) in [6, 6.07) is 4.87. The van der Waals surface area contributed by atoms with Gasteiger partial charge in [0, 0.05) is 25.9 Å². The van der Waals surface area contributed by atoms with Crippen LogP contribution < -0.4 is 10.2 Å². The Kier molecular flexibility index (Phi) is 6.09. The van der Waals surface area contributed by atoms with E-state index in [0.717, 1.165) is 12.4 Å². The zero-order valence-corrected chi connectivity index (χ0v) is 12.1. The molecule has 1 aromatic heterocycles. The number of pyridine rings is 1. The van der Waals surface area contributed by atoms with Crippen molar-refractivity contribution in [2.75, 3.05) is 32.2 Å². The summed E-state index contributed by atoms with van der Waals surface area (Å²) < 4.78 is 5.22. The largest absolute Gasteiger partial charge is 0.383 e. The molecule has 1 N–H and O–H groups in total. The molecule has 0 fully saturated rings. The monoisotopic (exact) mass is 251 g/mol. The van der Waals surface area contributed by atoms with Crippen LogP contribution >= 0.6 is 0 Å². The van der Waals surface area contributed by atoms with Gasteiger partial charge in [0.15, 0.2) is 0 Å². The lowest BCUT2D eigenvalue weighted by molar-refractivity contribution is 0.181. The predicted octanol–water partition coefficient (Wildman–Crippen LogP) is 2.22. The van der Waals surface area contributed by atoms with Crippen molar-refractivity contribution in [1.82, 2.24) is 10.3 Å². The third kappa shape index (κ3) is 3.68. The van der Waals surface area contributed by atoms with E-state index >= 15 is 0 Å². The molecule has 0 aliphatic heterocycles. The van der Waals surface area contributed by atoms with Crippen molar-refractivity contribution in [3.8, 4) is 0 Å². The van der Waals surface area contributed by atoms with E-state index in [1.165, 1.54) is 5.56 Å². The van der Waals surface area contributed by atoms with Gasteiger partial charge in [-0.3, -0.25) is 0 Å². The summed E-state index contributed by atoms with van der Waals surface area (Å²) in [5.41, 5.74) is 1.26. The van der Waals surface area contributed by atoms with Gasteiger partial charge in [-0.1, -0.05) is 0 Å². The van der Waals surface area contributed by atoms with Crippen LogP contribution in [0.3, 0.4) is 0 Å². The first-order chi connectivity index (χ1) is 8.63. The second-order valence-corrected chi connectivity index (χ2v) is 4.55. The minimum atomic E-state index is 0.327. The van der Waals surface area contributed by atoms with Crippen molar-refractivity contribution < 1.29 is 4.74 Å². The summed E-state index contributed by atoms with van der Waals surface area (Å²) in [5, 5.41) is 3.25. The molecule has 18 heavy (non-hydrogen) atoms. The van der Waals surface area contributed by atoms with Crippen molar-refractivity contribution in [1.29, 1.82) is 0 Å². The summed E-state index contributed by atoms with van der Waals surface area (Å²) >= 11 is 0. The fraction of sp³-hybridized carbons (Fsp3) is 0.643. The first-order valence-corrected chi connectivity index (χ1v) is 6.52. The van der Waals surface area contributed by atoms with E-state index in [2.05, 4.69) is 48.1 Å². The number of likely N-dealkylation sites (N-methyl/N-ethyl adjacent to an activating group) is 1. The number of nitrogens with zero attached hydrogens (tertiary/aromatic N) is 2. The Morgan fingerprint density at radius 1 is 1.44 bits per heavy atom. The van der Waals surface area contributed by atoms with Crippen molar-refractivity contribution in [2.24, 2.45) is 0 Å². The lowest BCUT2D eigenvalue weighted by Crippen LogP contribution is -2.36. The van der Waals surface area contributed by atoms with E-state index in [9.17, 15) is 0 Å². The third-order valence-corrected chi connectivity index (χ3v) is 3.28. The van der Waals surface area contributed by atoms with Gasteiger partial charge in [-0.2, -0.15) is 0 Å². The van der Waals surface area contributed by atoms with E-state index in [4.69, 9.17) is 4.74 Å². The van der Waals surface area contributed by atoms with Gasteiger partial charge in [0.1, 0.15) is 5.82 Å². The number of rotatable bonds is 7. The molecule has 0 saturated carbocycles. The number of hydrogen-bond acceptors (Lipinski definition) is 4. The number of hydrogen-bond donors (Lipinski definition) is 1. The van der Waals surface area contributed by atoms with Crippen molar-refractivity contribution in [2.45, 2.75) is 32.9 Å². The average Bonchev–Trinajstić information content (AvgIpc) is 2.39. The third-order valence-electron chi connectivity index (χ3n) is 3.28. The molecule has 102 valence electrons. The molecule has 0 saturated heterocycles. The highest BCUT2D eigenvalue weighted by Gasteiger charge is 2.15. The SMILES string of the molecule is CCN(c1cc(C(C)NC)ccn1)C(C)COC. The molecule has 2 atom stereocenters. The molecular weight excluding hydrogens is 226 g/mol. The molecule has 2 unspecified atom stereocenters. The summed E-state index contributed by atoms with van der Waals surface area (Å²) in [6.07, 6.45) is 1.88. The number of anilines is 1. The Labute approximate surface area is 110 Å². The van der Waals surface area contributed by atoms with Crippen LogP contribution in [0.5, 0.6) is 0 Å². The van der Waals surface area contributed by atoms with E-state index in [1.807, 2.05) is 13.2 Å². The average molecular weight is 251 g/mol. The molecule has 0 radical (unpaired) electrons. The van der Waals surface area contributed by atoms with Gasteiger partial charge in [-0.25, -0.2) is 4.98 Å².